The lowest BCUT2D eigenvalue weighted by Crippen LogP contribution is -2.38. The molecule has 32 heavy (non-hydrogen) atoms. The van der Waals surface area contributed by atoms with Crippen LogP contribution in [0.15, 0.2) is 29.3 Å². The maximum atomic E-state index is 11.8. The third kappa shape index (κ3) is 11.3. The fourth-order valence-electron chi connectivity index (χ4n) is 3.17. The average molecular weight is 449 g/mol. The molecule has 1 heterocycles. The van der Waals surface area contributed by atoms with Crippen molar-refractivity contribution in [3.05, 3.63) is 29.8 Å². The minimum Gasteiger partial charge on any atom is -0.444 e. The molecule has 1 unspecified atom stereocenters. The number of nitrogens with one attached hydrogen (secondary N) is 3. The first kappa shape index (κ1) is 25.9. The second kappa shape index (κ2) is 14.0. The van der Waals surface area contributed by atoms with Gasteiger partial charge in [0.15, 0.2) is 5.96 Å². The molecule has 1 aromatic carbocycles. The smallest absolute Gasteiger partial charge is 0.412 e. The minimum absolute atomic E-state index is 0.448. The molecular formula is C24H40N4O4. The van der Waals surface area contributed by atoms with Gasteiger partial charge in [0.2, 0.25) is 0 Å². The number of guanidine groups is 1. The van der Waals surface area contributed by atoms with Crippen molar-refractivity contribution >= 4 is 17.7 Å². The number of rotatable bonds is 11. The van der Waals surface area contributed by atoms with Gasteiger partial charge in [-0.3, -0.25) is 10.3 Å². The second-order valence-electron chi connectivity index (χ2n) is 8.92. The Morgan fingerprint density at radius 1 is 1.22 bits per heavy atom. The molecular weight excluding hydrogens is 408 g/mol. The van der Waals surface area contributed by atoms with Gasteiger partial charge in [-0.1, -0.05) is 12.1 Å². The summed E-state index contributed by atoms with van der Waals surface area (Å²) in [6.45, 7) is 13.1. The Morgan fingerprint density at radius 2 is 2.00 bits per heavy atom. The number of amides is 1. The van der Waals surface area contributed by atoms with Gasteiger partial charge in [-0.25, -0.2) is 4.79 Å². The third-order valence-corrected chi connectivity index (χ3v) is 4.74. The normalized spacial score (nSPS) is 16.6. The third-order valence-electron chi connectivity index (χ3n) is 4.74. The topological polar surface area (TPSA) is 93.2 Å². The highest BCUT2D eigenvalue weighted by molar-refractivity contribution is 5.84. The minimum atomic E-state index is -0.514. The van der Waals surface area contributed by atoms with E-state index in [-0.39, 0.29) is 0 Å². The second-order valence-corrected chi connectivity index (χ2v) is 8.92. The number of anilines is 1. The van der Waals surface area contributed by atoms with Gasteiger partial charge >= 0.3 is 6.09 Å². The standard InChI is InChI=1S/C24H40N4O4/c1-5-25-22(26-13-6-15-30-17-20-12-16-31-18-20)27-14-11-19-7-9-21(10-8-19)28-23(29)32-24(2,3)4/h7-10,20H,5-6,11-18H2,1-4H3,(H,28,29)(H2,25,26,27). The van der Waals surface area contributed by atoms with Crippen LogP contribution in [0.2, 0.25) is 0 Å². The highest BCUT2D eigenvalue weighted by Gasteiger charge is 2.16. The molecule has 1 aromatic rings. The zero-order valence-electron chi connectivity index (χ0n) is 20.0. The molecule has 0 spiro atoms. The van der Waals surface area contributed by atoms with Gasteiger partial charge in [-0.2, -0.15) is 0 Å². The summed E-state index contributed by atoms with van der Waals surface area (Å²) in [7, 11) is 0. The van der Waals surface area contributed by atoms with Gasteiger partial charge in [0.05, 0.1) is 13.2 Å². The van der Waals surface area contributed by atoms with Crippen LogP contribution in [-0.2, 0) is 20.6 Å². The number of hydrogen-bond donors (Lipinski definition) is 3. The number of nitrogens with zero attached hydrogens (tertiary/aromatic N) is 1. The molecule has 0 radical (unpaired) electrons. The van der Waals surface area contributed by atoms with Crippen LogP contribution < -0.4 is 16.0 Å². The maximum Gasteiger partial charge on any atom is 0.412 e. The summed E-state index contributed by atoms with van der Waals surface area (Å²) < 4.78 is 16.4. The van der Waals surface area contributed by atoms with E-state index in [1.54, 1.807) is 0 Å². The summed E-state index contributed by atoms with van der Waals surface area (Å²) in [6, 6.07) is 7.78. The van der Waals surface area contributed by atoms with Crippen molar-refractivity contribution in [1.29, 1.82) is 0 Å². The molecule has 0 bridgehead atoms. The predicted octanol–water partition coefficient (Wildman–Crippen LogP) is 3.57. The summed E-state index contributed by atoms with van der Waals surface area (Å²) in [4.78, 5) is 16.5. The van der Waals surface area contributed by atoms with Crippen LogP contribution in [0.3, 0.4) is 0 Å². The predicted molar refractivity (Wildman–Crippen MR) is 128 cm³/mol. The van der Waals surface area contributed by atoms with Crippen LogP contribution in [0, 0.1) is 5.92 Å². The SMILES string of the molecule is CCNC(=NCCCOCC1CCOC1)NCCc1ccc(NC(=O)OC(C)(C)C)cc1. The highest BCUT2D eigenvalue weighted by atomic mass is 16.6. The molecule has 1 amide bonds. The number of ether oxygens (including phenoxy) is 3. The Morgan fingerprint density at radius 3 is 2.66 bits per heavy atom. The quantitative estimate of drug-likeness (QED) is 0.272. The van der Waals surface area contributed by atoms with E-state index >= 15 is 0 Å². The van der Waals surface area contributed by atoms with Crippen LogP contribution in [0.1, 0.15) is 46.1 Å². The number of carbonyl (C=O) groups excluding carboxylic acids is 1. The number of benzene rings is 1. The van der Waals surface area contributed by atoms with Gasteiger partial charge in [-0.15, -0.1) is 0 Å². The molecule has 1 fully saturated rings. The molecule has 180 valence electrons. The van der Waals surface area contributed by atoms with Crippen molar-refractivity contribution in [2.45, 2.75) is 52.6 Å². The monoisotopic (exact) mass is 448 g/mol. The van der Waals surface area contributed by atoms with Crippen LogP contribution in [0.5, 0.6) is 0 Å². The van der Waals surface area contributed by atoms with Gasteiger partial charge < -0.3 is 24.8 Å². The van der Waals surface area contributed by atoms with Crippen molar-refractivity contribution in [1.82, 2.24) is 10.6 Å². The lowest BCUT2D eigenvalue weighted by Gasteiger charge is -2.19. The Bertz CT molecular complexity index is 695. The lowest BCUT2D eigenvalue weighted by molar-refractivity contribution is 0.0636. The summed E-state index contributed by atoms with van der Waals surface area (Å²) in [5.74, 6) is 1.37. The summed E-state index contributed by atoms with van der Waals surface area (Å²) >= 11 is 0. The summed E-state index contributed by atoms with van der Waals surface area (Å²) in [6.07, 6.45) is 2.41. The number of hydrogen-bond acceptors (Lipinski definition) is 5. The van der Waals surface area contributed by atoms with Crippen LogP contribution in [0.4, 0.5) is 10.5 Å². The first-order valence-corrected chi connectivity index (χ1v) is 11.6. The molecule has 2 rings (SSSR count). The van der Waals surface area contributed by atoms with E-state index in [4.69, 9.17) is 14.2 Å². The average Bonchev–Trinajstić information content (AvgIpc) is 3.24. The molecule has 0 aliphatic carbocycles. The van der Waals surface area contributed by atoms with E-state index in [1.807, 2.05) is 45.0 Å². The fourth-order valence-corrected chi connectivity index (χ4v) is 3.17. The Labute approximate surface area is 192 Å². The Hall–Kier alpha value is -2.32. The Kier molecular flexibility index (Phi) is 11.3. The maximum absolute atomic E-state index is 11.8. The Balaban J connectivity index is 1.65. The molecule has 1 saturated heterocycles. The van der Waals surface area contributed by atoms with Crippen molar-refractivity contribution in [3.8, 4) is 0 Å². The lowest BCUT2D eigenvalue weighted by atomic mass is 10.1. The molecule has 3 N–H and O–H groups in total. The molecule has 1 atom stereocenters. The molecule has 1 aliphatic heterocycles. The summed E-state index contributed by atoms with van der Waals surface area (Å²) in [5.41, 5.74) is 1.38. The van der Waals surface area contributed by atoms with E-state index in [2.05, 4.69) is 27.9 Å². The van der Waals surface area contributed by atoms with Crippen molar-refractivity contribution in [2.75, 3.05) is 51.4 Å². The van der Waals surface area contributed by atoms with Crippen molar-refractivity contribution < 1.29 is 19.0 Å². The van der Waals surface area contributed by atoms with Crippen LogP contribution in [-0.4, -0.2) is 63.7 Å². The first-order valence-electron chi connectivity index (χ1n) is 11.6. The van der Waals surface area contributed by atoms with E-state index in [0.29, 0.717) is 11.6 Å². The zero-order valence-corrected chi connectivity index (χ0v) is 20.0. The zero-order chi connectivity index (χ0) is 23.2. The number of carbonyl (C=O) groups is 1. The van der Waals surface area contributed by atoms with E-state index in [1.165, 1.54) is 5.56 Å². The largest absolute Gasteiger partial charge is 0.444 e. The van der Waals surface area contributed by atoms with Gasteiger partial charge in [0.25, 0.3) is 0 Å². The van der Waals surface area contributed by atoms with Gasteiger partial charge in [0.1, 0.15) is 5.60 Å². The van der Waals surface area contributed by atoms with Gasteiger partial charge in [0, 0.05) is 44.5 Å². The molecule has 0 aromatic heterocycles. The molecule has 0 saturated carbocycles. The molecule has 8 nitrogen and oxygen atoms in total. The van der Waals surface area contributed by atoms with E-state index < -0.39 is 11.7 Å². The van der Waals surface area contributed by atoms with E-state index in [0.717, 1.165) is 71.3 Å². The van der Waals surface area contributed by atoms with Crippen LogP contribution in [0.25, 0.3) is 0 Å². The molecule has 8 heteroatoms. The first-order chi connectivity index (χ1) is 15.4. The fraction of sp³-hybridized carbons (Fsp3) is 0.667. The molecule has 1 aliphatic rings. The van der Waals surface area contributed by atoms with Crippen molar-refractivity contribution in [3.63, 3.8) is 0 Å². The van der Waals surface area contributed by atoms with Crippen LogP contribution >= 0.6 is 0 Å². The number of aliphatic imine (C=N–C) groups is 1. The summed E-state index contributed by atoms with van der Waals surface area (Å²) in [5, 5.41) is 9.39. The van der Waals surface area contributed by atoms with Crippen molar-refractivity contribution in [2.24, 2.45) is 10.9 Å². The van der Waals surface area contributed by atoms with Gasteiger partial charge in [-0.05, 0) is 64.7 Å². The highest BCUT2D eigenvalue weighted by Crippen LogP contribution is 2.13. The van der Waals surface area contributed by atoms with E-state index in [9.17, 15) is 4.79 Å².